The molecule has 1 N–H and O–H groups in total. The van der Waals surface area contributed by atoms with Crippen LogP contribution in [-0.4, -0.2) is 37.1 Å². The Morgan fingerprint density at radius 2 is 2.00 bits per heavy atom. The lowest BCUT2D eigenvalue weighted by molar-refractivity contribution is 0.104. The van der Waals surface area contributed by atoms with E-state index in [1.807, 2.05) is 0 Å². The molecule has 2 rings (SSSR count). The minimum Gasteiger partial charge on any atom is -0.314 e. The molecule has 0 amide bonds. The number of piperazine rings is 1. The van der Waals surface area contributed by atoms with E-state index in [9.17, 15) is 0 Å². The van der Waals surface area contributed by atoms with Crippen LogP contribution in [0.5, 0.6) is 0 Å². The van der Waals surface area contributed by atoms with E-state index >= 15 is 0 Å². The molecule has 98 valence electrons. The van der Waals surface area contributed by atoms with Crippen LogP contribution >= 0.6 is 0 Å². The molecule has 1 saturated carbocycles. The summed E-state index contributed by atoms with van der Waals surface area (Å²) in [7, 11) is 0. The third kappa shape index (κ3) is 3.82. The van der Waals surface area contributed by atoms with Crippen molar-refractivity contribution in [1.82, 2.24) is 10.2 Å². The largest absolute Gasteiger partial charge is 0.314 e. The van der Waals surface area contributed by atoms with Crippen LogP contribution in [0.3, 0.4) is 0 Å². The van der Waals surface area contributed by atoms with Crippen molar-refractivity contribution in [3.05, 3.63) is 11.6 Å². The first-order chi connectivity index (χ1) is 8.27. The molecule has 1 unspecified atom stereocenters. The van der Waals surface area contributed by atoms with Gasteiger partial charge in [0.25, 0.3) is 0 Å². The highest BCUT2D eigenvalue weighted by Gasteiger charge is 2.29. The zero-order valence-electron chi connectivity index (χ0n) is 11.5. The van der Waals surface area contributed by atoms with Gasteiger partial charge in [-0.15, -0.1) is 0 Å². The number of hydrogen-bond acceptors (Lipinski definition) is 2. The van der Waals surface area contributed by atoms with Gasteiger partial charge in [0, 0.05) is 32.2 Å². The SMILES string of the molecule is CC(C)=CCN1CCNCC1C1CCCCC1. The van der Waals surface area contributed by atoms with Crippen molar-refractivity contribution in [2.75, 3.05) is 26.2 Å². The van der Waals surface area contributed by atoms with E-state index in [-0.39, 0.29) is 0 Å². The first kappa shape index (κ1) is 13.1. The second kappa shape index (κ2) is 6.55. The molecule has 17 heavy (non-hydrogen) atoms. The molecule has 1 atom stereocenters. The van der Waals surface area contributed by atoms with Crippen LogP contribution in [0, 0.1) is 5.92 Å². The fourth-order valence-corrected chi connectivity index (χ4v) is 3.28. The molecular formula is C15H28N2. The van der Waals surface area contributed by atoms with E-state index in [1.165, 1.54) is 57.3 Å². The molecule has 0 aromatic heterocycles. The van der Waals surface area contributed by atoms with Gasteiger partial charge in [-0.2, -0.15) is 0 Å². The first-order valence-electron chi connectivity index (χ1n) is 7.35. The van der Waals surface area contributed by atoms with Gasteiger partial charge in [-0.25, -0.2) is 0 Å². The highest BCUT2D eigenvalue weighted by Crippen LogP contribution is 2.29. The normalized spacial score (nSPS) is 28.0. The van der Waals surface area contributed by atoms with Crippen LogP contribution in [0.25, 0.3) is 0 Å². The zero-order chi connectivity index (χ0) is 12.1. The Kier molecular flexibility index (Phi) is 5.05. The standard InChI is InChI=1S/C15H28N2/c1-13(2)8-10-17-11-9-16-12-15(17)14-6-4-3-5-7-14/h8,14-16H,3-7,9-12H2,1-2H3. The molecule has 2 nitrogen and oxygen atoms in total. The van der Waals surface area contributed by atoms with Crippen molar-refractivity contribution in [2.45, 2.75) is 52.0 Å². The Labute approximate surface area is 106 Å². The summed E-state index contributed by atoms with van der Waals surface area (Å²) in [6.07, 6.45) is 9.68. The molecule has 0 aromatic carbocycles. The quantitative estimate of drug-likeness (QED) is 0.758. The van der Waals surface area contributed by atoms with Crippen molar-refractivity contribution in [1.29, 1.82) is 0 Å². The summed E-state index contributed by atoms with van der Waals surface area (Å²) in [4.78, 5) is 2.71. The van der Waals surface area contributed by atoms with Gasteiger partial charge in [0.2, 0.25) is 0 Å². The summed E-state index contributed by atoms with van der Waals surface area (Å²) < 4.78 is 0. The molecule has 1 aliphatic carbocycles. The van der Waals surface area contributed by atoms with E-state index < -0.39 is 0 Å². The van der Waals surface area contributed by atoms with E-state index in [1.54, 1.807) is 0 Å². The van der Waals surface area contributed by atoms with Crippen molar-refractivity contribution in [3.8, 4) is 0 Å². The molecule has 1 aliphatic heterocycles. The molecule has 0 aromatic rings. The van der Waals surface area contributed by atoms with E-state index in [0.717, 1.165) is 18.5 Å². The van der Waals surface area contributed by atoms with Crippen LogP contribution in [-0.2, 0) is 0 Å². The van der Waals surface area contributed by atoms with E-state index in [4.69, 9.17) is 0 Å². The summed E-state index contributed by atoms with van der Waals surface area (Å²) in [5.41, 5.74) is 1.45. The lowest BCUT2D eigenvalue weighted by Crippen LogP contribution is -2.54. The van der Waals surface area contributed by atoms with Gasteiger partial charge in [-0.05, 0) is 32.6 Å². The summed E-state index contributed by atoms with van der Waals surface area (Å²) in [5.74, 6) is 0.946. The predicted molar refractivity (Wildman–Crippen MR) is 74.2 cm³/mol. The van der Waals surface area contributed by atoms with Crippen molar-refractivity contribution in [2.24, 2.45) is 5.92 Å². The van der Waals surface area contributed by atoms with Crippen molar-refractivity contribution < 1.29 is 0 Å². The van der Waals surface area contributed by atoms with Crippen LogP contribution < -0.4 is 5.32 Å². The van der Waals surface area contributed by atoms with Gasteiger partial charge in [0.1, 0.15) is 0 Å². The number of hydrogen-bond donors (Lipinski definition) is 1. The monoisotopic (exact) mass is 236 g/mol. The third-order valence-corrected chi connectivity index (χ3v) is 4.33. The maximum Gasteiger partial charge on any atom is 0.0252 e. The fourth-order valence-electron chi connectivity index (χ4n) is 3.28. The third-order valence-electron chi connectivity index (χ3n) is 4.33. The lowest BCUT2D eigenvalue weighted by Gasteiger charge is -2.41. The molecule has 0 bridgehead atoms. The highest BCUT2D eigenvalue weighted by atomic mass is 15.2. The number of nitrogens with one attached hydrogen (secondary N) is 1. The average molecular weight is 236 g/mol. The van der Waals surface area contributed by atoms with Gasteiger partial charge in [-0.1, -0.05) is 30.9 Å². The van der Waals surface area contributed by atoms with Gasteiger partial charge < -0.3 is 5.32 Å². The second-order valence-corrected chi connectivity index (χ2v) is 5.95. The summed E-state index contributed by atoms with van der Waals surface area (Å²) in [6.45, 7) is 9.17. The van der Waals surface area contributed by atoms with Gasteiger partial charge in [0.15, 0.2) is 0 Å². The molecule has 1 heterocycles. The van der Waals surface area contributed by atoms with Gasteiger partial charge >= 0.3 is 0 Å². The Bertz CT molecular complexity index is 250. The molecule has 2 fully saturated rings. The van der Waals surface area contributed by atoms with Gasteiger partial charge in [0.05, 0.1) is 0 Å². The summed E-state index contributed by atoms with van der Waals surface area (Å²) in [6, 6.07) is 0.791. The summed E-state index contributed by atoms with van der Waals surface area (Å²) >= 11 is 0. The zero-order valence-corrected chi connectivity index (χ0v) is 11.5. The second-order valence-electron chi connectivity index (χ2n) is 5.95. The Morgan fingerprint density at radius 1 is 1.24 bits per heavy atom. The van der Waals surface area contributed by atoms with Crippen molar-refractivity contribution in [3.63, 3.8) is 0 Å². The van der Waals surface area contributed by atoms with E-state index in [2.05, 4.69) is 30.1 Å². The predicted octanol–water partition coefficient (Wildman–Crippen LogP) is 2.81. The Hall–Kier alpha value is -0.340. The highest BCUT2D eigenvalue weighted by molar-refractivity contribution is 4.98. The molecule has 2 aliphatic rings. The molecule has 1 saturated heterocycles. The van der Waals surface area contributed by atoms with Crippen LogP contribution in [0.1, 0.15) is 46.0 Å². The average Bonchev–Trinajstić information content (AvgIpc) is 2.38. The van der Waals surface area contributed by atoms with Crippen LogP contribution in [0.15, 0.2) is 11.6 Å². The number of rotatable bonds is 3. The molecule has 2 heteroatoms. The van der Waals surface area contributed by atoms with Crippen molar-refractivity contribution >= 4 is 0 Å². The smallest absolute Gasteiger partial charge is 0.0252 e. The first-order valence-corrected chi connectivity index (χ1v) is 7.35. The number of nitrogens with zero attached hydrogens (tertiary/aromatic N) is 1. The topological polar surface area (TPSA) is 15.3 Å². The number of allylic oxidation sites excluding steroid dienone is 1. The molecule has 0 spiro atoms. The Morgan fingerprint density at radius 3 is 2.71 bits per heavy atom. The minimum atomic E-state index is 0.791. The molecule has 0 radical (unpaired) electrons. The van der Waals surface area contributed by atoms with E-state index in [0.29, 0.717) is 0 Å². The molecular weight excluding hydrogens is 208 g/mol. The lowest BCUT2D eigenvalue weighted by atomic mass is 9.82. The maximum absolute atomic E-state index is 3.59. The Balaban J connectivity index is 1.93. The van der Waals surface area contributed by atoms with Gasteiger partial charge in [-0.3, -0.25) is 4.90 Å². The maximum atomic E-state index is 3.59. The summed E-state index contributed by atoms with van der Waals surface area (Å²) in [5, 5.41) is 3.59. The minimum absolute atomic E-state index is 0.791. The van der Waals surface area contributed by atoms with Crippen LogP contribution in [0.4, 0.5) is 0 Å². The van der Waals surface area contributed by atoms with Crippen LogP contribution in [0.2, 0.25) is 0 Å². The fraction of sp³-hybridized carbons (Fsp3) is 0.867.